The minimum atomic E-state index is 0.165. The van der Waals surface area contributed by atoms with Gasteiger partial charge in [0.15, 0.2) is 0 Å². The molecule has 0 bridgehead atoms. The zero-order valence-corrected chi connectivity index (χ0v) is 14.0. The Morgan fingerprint density at radius 3 is 1.80 bits per heavy atom. The van der Waals surface area contributed by atoms with Crippen molar-refractivity contribution in [3.63, 3.8) is 0 Å². The molecule has 0 atom stereocenters. The highest BCUT2D eigenvalue weighted by Gasteiger charge is 2.06. The Morgan fingerprint density at radius 2 is 1.35 bits per heavy atom. The smallest absolute Gasteiger partial charge is 0.219 e. The highest BCUT2D eigenvalue weighted by Crippen LogP contribution is 2.10. The molecule has 0 N–H and O–H groups in total. The van der Waals surface area contributed by atoms with E-state index in [0.29, 0.717) is 6.61 Å². The van der Waals surface area contributed by atoms with Crippen LogP contribution in [-0.2, 0) is 9.53 Å². The van der Waals surface area contributed by atoms with E-state index in [1.165, 1.54) is 57.8 Å². The van der Waals surface area contributed by atoms with Crippen molar-refractivity contribution in [1.82, 2.24) is 4.90 Å². The maximum atomic E-state index is 11.4. The summed E-state index contributed by atoms with van der Waals surface area (Å²) in [5.74, 6) is 0.165. The monoisotopic (exact) mass is 285 g/mol. The van der Waals surface area contributed by atoms with E-state index in [0.717, 1.165) is 19.5 Å². The molecule has 0 rings (SSSR count). The van der Waals surface area contributed by atoms with Gasteiger partial charge in [-0.1, -0.05) is 64.7 Å². The molecule has 3 nitrogen and oxygen atoms in total. The zero-order valence-electron chi connectivity index (χ0n) is 14.0. The highest BCUT2D eigenvalue weighted by atomic mass is 16.5. The first kappa shape index (κ1) is 19.4. The first-order chi connectivity index (χ1) is 9.72. The Balaban J connectivity index is 3.34. The van der Waals surface area contributed by atoms with Crippen molar-refractivity contribution < 1.29 is 9.53 Å². The van der Waals surface area contributed by atoms with E-state index in [1.54, 1.807) is 14.0 Å². The highest BCUT2D eigenvalue weighted by molar-refractivity contribution is 5.73. The van der Waals surface area contributed by atoms with Gasteiger partial charge in [-0.05, 0) is 6.42 Å². The fourth-order valence-corrected chi connectivity index (χ4v) is 2.42. The number of carbonyl (C=O) groups is 1. The van der Waals surface area contributed by atoms with Crippen molar-refractivity contribution in [2.24, 2.45) is 0 Å². The van der Waals surface area contributed by atoms with Crippen molar-refractivity contribution >= 4 is 5.91 Å². The SMILES string of the molecule is CCCCCCCCCCCCN(CCOC)C(C)=O. The number of rotatable bonds is 14. The number of nitrogens with zero attached hydrogens (tertiary/aromatic N) is 1. The molecule has 20 heavy (non-hydrogen) atoms. The lowest BCUT2D eigenvalue weighted by Crippen LogP contribution is -2.32. The molecule has 0 unspecified atom stereocenters. The summed E-state index contributed by atoms with van der Waals surface area (Å²) < 4.78 is 5.03. The maximum absolute atomic E-state index is 11.4. The van der Waals surface area contributed by atoms with Crippen LogP contribution in [0.25, 0.3) is 0 Å². The van der Waals surface area contributed by atoms with E-state index in [-0.39, 0.29) is 5.91 Å². The number of unbranched alkanes of at least 4 members (excludes halogenated alkanes) is 9. The van der Waals surface area contributed by atoms with Gasteiger partial charge in [-0.2, -0.15) is 0 Å². The molecule has 0 fully saturated rings. The molecule has 0 saturated carbocycles. The third-order valence-corrected chi connectivity index (χ3v) is 3.79. The van der Waals surface area contributed by atoms with Crippen LogP contribution in [-0.4, -0.2) is 37.6 Å². The molecule has 0 aromatic rings. The molecule has 0 radical (unpaired) electrons. The number of amides is 1. The van der Waals surface area contributed by atoms with Crippen molar-refractivity contribution in [3.05, 3.63) is 0 Å². The summed E-state index contributed by atoms with van der Waals surface area (Å²) in [5.41, 5.74) is 0. The summed E-state index contributed by atoms with van der Waals surface area (Å²) >= 11 is 0. The molecule has 0 spiro atoms. The molecule has 0 heterocycles. The molecule has 120 valence electrons. The predicted octanol–water partition coefficient (Wildman–Crippen LogP) is 4.40. The Hall–Kier alpha value is -0.570. The Bertz CT molecular complexity index is 219. The molecule has 0 aliphatic carbocycles. The summed E-state index contributed by atoms with van der Waals surface area (Å²) in [5, 5.41) is 0. The van der Waals surface area contributed by atoms with E-state index >= 15 is 0 Å². The van der Waals surface area contributed by atoms with Crippen molar-refractivity contribution in [1.29, 1.82) is 0 Å². The largest absolute Gasteiger partial charge is 0.383 e. The van der Waals surface area contributed by atoms with Gasteiger partial charge in [0.05, 0.1) is 6.61 Å². The van der Waals surface area contributed by atoms with Crippen molar-refractivity contribution in [3.8, 4) is 0 Å². The first-order valence-electron chi connectivity index (χ1n) is 8.46. The molecule has 0 aliphatic heterocycles. The fraction of sp³-hybridized carbons (Fsp3) is 0.941. The van der Waals surface area contributed by atoms with Gasteiger partial charge in [-0.25, -0.2) is 0 Å². The third kappa shape index (κ3) is 12.5. The van der Waals surface area contributed by atoms with Gasteiger partial charge in [-0.15, -0.1) is 0 Å². The number of methoxy groups -OCH3 is 1. The second-order valence-corrected chi connectivity index (χ2v) is 5.68. The van der Waals surface area contributed by atoms with E-state index in [9.17, 15) is 4.79 Å². The third-order valence-electron chi connectivity index (χ3n) is 3.79. The minimum Gasteiger partial charge on any atom is -0.383 e. The van der Waals surface area contributed by atoms with E-state index < -0.39 is 0 Å². The normalized spacial score (nSPS) is 10.8. The van der Waals surface area contributed by atoms with Gasteiger partial charge >= 0.3 is 0 Å². The summed E-state index contributed by atoms with van der Waals surface area (Å²) in [6.45, 7) is 6.15. The second-order valence-electron chi connectivity index (χ2n) is 5.68. The summed E-state index contributed by atoms with van der Waals surface area (Å²) in [7, 11) is 1.68. The number of hydrogen-bond acceptors (Lipinski definition) is 2. The van der Waals surface area contributed by atoms with Gasteiger partial charge in [0.1, 0.15) is 0 Å². The van der Waals surface area contributed by atoms with Gasteiger partial charge in [0.25, 0.3) is 0 Å². The quantitative estimate of drug-likeness (QED) is 0.443. The van der Waals surface area contributed by atoms with E-state index in [2.05, 4.69) is 6.92 Å². The number of ether oxygens (including phenoxy) is 1. The Labute approximate surface area is 126 Å². The topological polar surface area (TPSA) is 29.5 Å². The molecule has 0 aromatic carbocycles. The molecule has 0 saturated heterocycles. The predicted molar refractivity (Wildman–Crippen MR) is 86.0 cm³/mol. The molecule has 0 aliphatic rings. The van der Waals surface area contributed by atoms with E-state index in [1.807, 2.05) is 4.90 Å². The van der Waals surface area contributed by atoms with E-state index in [4.69, 9.17) is 4.74 Å². The lowest BCUT2D eigenvalue weighted by molar-refractivity contribution is -0.129. The summed E-state index contributed by atoms with van der Waals surface area (Å²) in [4.78, 5) is 13.3. The average Bonchev–Trinajstić information content (AvgIpc) is 2.43. The van der Waals surface area contributed by atoms with Crippen LogP contribution in [0.1, 0.15) is 78.1 Å². The van der Waals surface area contributed by atoms with Crippen LogP contribution < -0.4 is 0 Å². The first-order valence-corrected chi connectivity index (χ1v) is 8.46. The standard InChI is InChI=1S/C17H35NO2/c1-4-5-6-7-8-9-10-11-12-13-14-18(17(2)19)15-16-20-3/h4-16H2,1-3H3. The Kier molecular flexibility index (Phi) is 14.4. The van der Waals surface area contributed by atoms with Crippen LogP contribution in [0.4, 0.5) is 0 Å². The van der Waals surface area contributed by atoms with Gasteiger partial charge < -0.3 is 9.64 Å². The van der Waals surface area contributed by atoms with Gasteiger partial charge in [0.2, 0.25) is 5.91 Å². The molecular formula is C17H35NO2. The van der Waals surface area contributed by atoms with Crippen molar-refractivity contribution in [2.75, 3.05) is 26.8 Å². The lowest BCUT2D eigenvalue weighted by Gasteiger charge is -2.20. The number of carbonyl (C=O) groups excluding carboxylic acids is 1. The van der Waals surface area contributed by atoms with Crippen LogP contribution in [0.5, 0.6) is 0 Å². The van der Waals surface area contributed by atoms with Crippen LogP contribution >= 0.6 is 0 Å². The molecule has 0 aromatic heterocycles. The summed E-state index contributed by atoms with van der Waals surface area (Å²) in [6, 6.07) is 0. The lowest BCUT2D eigenvalue weighted by atomic mass is 10.1. The molecular weight excluding hydrogens is 250 g/mol. The molecule has 1 amide bonds. The van der Waals surface area contributed by atoms with Gasteiger partial charge in [-0.3, -0.25) is 4.79 Å². The average molecular weight is 285 g/mol. The van der Waals surface area contributed by atoms with Crippen molar-refractivity contribution in [2.45, 2.75) is 78.1 Å². The maximum Gasteiger partial charge on any atom is 0.219 e. The minimum absolute atomic E-state index is 0.165. The number of hydrogen-bond donors (Lipinski definition) is 0. The second kappa shape index (κ2) is 14.8. The van der Waals surface area contributed by atoms with Crippen LogP contribution in [0, 0.1) is 0 Å². The van der Waals surface area contributed by atoms with Crippen LogP contribution in [0.2, 0.25) is 0 Å². The van der Waals surface area contributed by atoms with Crippen LogP contribution in [0.15, 0.2) is 0 Å². The Morgan fingerprint density at radius 1 is 0.850 bits per heavy atom. The zero-order chi connectivity index (χ0) is 15.1. The molecule has 3 heteroatoms. The summed E-state index contributed by atoms with van der Waals surface area (Å²) in [6.07, 6.45) is 13.3. The fourth-order valence-electron chi connectivity index (χ4n) is 2.42. The van der Waals surface area contributed by atoms with Crippen LogP contribution in [0.3, 0.4) is 0 Å². The van der Waals surface area contributed by atoms with Gasteiger partial charge in [0, 0.05) is 27.1 Å².